The Kier molecular flexibility index (Phi) is 4.36. The molecule has 1 atom stereocenters. The molecule has 2 aliphatic rings. The Morgan fingerprint density at radius 1 is 1.00 bits per heavy atom. The van der Waals surface area contributed by atoms with E-state index in [2.05, 4.69) is 93.5 Å². The number of allylic oxidation sites excluding steroid dienone is 3. The van der Waals surface area contributed by atoms with Crippen LogP contribution in [0.3, 0.4) is 0 Å². The average molecular weight is 344 g/mol. The monoisotopic (exact) mass is 343 g/mol. The topological polar surface area (TPSA) is 3.24 Å². The van der Waals surface area contributed by atoms with Crippen molar-refractivity contribution in [3.8, 4) is 11.1 Å². The third-order valence-electron chi connectivity index (χ3n) is 6.14. The Bertz CT molecular complexity index is 883. The van der Waals surface area contributed by atoms with Gasteiger partial charge in [0.1, 0.15) is 0 Å². The molecular formula is C25H29N. The van der Waals surface area contributed by atoms with Crippen LogP contribution in [0, 0.1) is 5.92 Å². The zero-order chi connectivity index (χ0) is 18.3. The van der Waals surface area contributed by atoms with E-state index in [1.165, 1.54) is 33.4 Å². The van der Waals surface area contributed by atoms with Crippen LogP contribution in [-0.4, -0.2) is 25.5 Å². The summed E-state index contributed by atoms with van der Waals surface area (Å²) in [5, 5.41) is 0. The van der Waals surface area contributed by atoms with Gasteiger partial charge in [-0.05, 0) is 60.2 Å². The van der Waals surface area contributed by atoms with Crippen molar-refractivity contribution < 1.29 is 0 Å². The van der Waals surface area contributed by atoms with Crippen molar-refractivity contribution in [2.75, 3.05) is 20.6 Å². The zero-order valence-electron chi connectivity index (χ0n) is 16.4. The Balaban J connectivity index is 1.66. The molecule has 0 radical (unpaired) electrons. The van der Waals surface area contributed by atoms with Gasteiger partial charge in [0.15, 0.2) is 0 Å². The van der Waals surface area contributed by atoms with Crippen molar-refractivity contribution in [2.45, 2.75) is 32.1 Å². The predicted molar refractivity (Wildman–Crippen MR) is 112 cm³/mol. The molecule has 0 saturated carbocycles. The second-order valence-corrected chi connectivity index (χ2v) is 8.57. The average Bonchev–Trinajstić information content (AvgIpc) is 3.24. The molecular weight excluding hydrogens is 314 g/mol. The third kappa shape index (κ3) is 2.95. The molecule has 0 heterocycles. The molecule has 0 N–H and O–H groups in total. The fourth-order valence-corrected chi connectivity index (χ4v) is 4.48. The van der Waals surface area contributed by atoms with Gasteiger partial charge in [-0.1, -0.05) is 80.1 Å². The molecule has 1 nitrogen and oxygen atoms in total. The largest absolute Gasteiger partial charge is 0.309 e. The summed E-state index contributed by atoms with van der Waals surface area (Å²) in [6.07, 6.45) is 9.44. The first-order valence-electron chi connectivity index (χ1n) is 9.71. The lowest BCUT2D eigenvalue weighted by Crippen LogP contribution is -2.27. The Hall–Kier alpha value is -2.12. The highest BCUT2D eigenvalue weighted by Crippen LogP contribution is 2.45. The summed E-state index contributed by atoms with van der Waals surface area (Å²) in [5.41, 5.74) is 8.94. The number of nitrogens with zero attached hydrogens (tertiary/aromatic N) is 1. The van der Waals surface area contributed by atoms with Gasteiger partial charge in [-0.25, -0.2) is 0 Å². The molecule has 0 amide bonds. The van der Waals surface area contributed by atoms with Crippen LogP contribution in [0.15, 0.2) is 66.3 Å². The first-order chi connectivity index (χ1) is 12.5. The van der Waals surface area contributed by atoms with E-state index in [4.69, 9.17) is 0 Å². The van der Waals surface area contributed by atoms with Crippen LogP contribution in [-0.2, 0) is 11.8 Å². The molecule has 0 fully saturated rings. The van der Waals surface area contributed by atoms with Crippen molar-refractivity contribution in [1.29, 1.82) is 0 Å². The molecule has 2 aromatic rings. The van der Waals surface area contributed by atoms with E-state index in [1.54, 1.807) is 0 Å². The first kappa shape index (κ1) is 17.3. The van der Waals surface area contributed by atoms with E-state index in [9.17, 15) is 0 Å². The van der Waals surface area contributed by atoms with Gasteiger partial charge in [0.05, 0.1) is 0 Å². The van der Waals surface area contributed by atoms with Crippen molar-refractivity contribution in [3.63, 3.8) is 0 Å². The van der Waals surface area contributed by atoms with Crippen LogP contribution in [0.1, 0.15) is 37.0 Å². The summed E-state index contributed by atoms with van der Waals surface area (Å²) < 4.78 is 0. The molecule has 0 saturated heterocycles. The van der Waals surface area contributed by atoms with Crippen molar-refractivity contribution in [2.24, 2.45) is 5.92 Å². The fourth-order valence-electron chi connectivity index (χ4n) is 4.48. The molecule has 2 aromatic carbocycles. The number of rotatable bonds is 5. The number of hydrogen-bond acceptors (Lipinski definition) is 1. The zero-order valence-corrected chi connectivity index (χ0v) is 16.4. The second kappa shape index (κ2) is 6.55. The van der Waals surface area contributed by atoms with Gasteiger partial charge < -0.3 is 4.90 Å². The van der Waals surface area contributed by atoms with E-state index in [0.29, 0.717) is 5.92 Å². The SMILES string of the molecule is CN(C)CCC1=CC(C(C)(C)c2cccc3c2Cc2ccccc2-3)C=C1. The van der Waals surface area contributed by atoms with E-state index in [0.717, 1.165) is 19.4 Å². The molecule has 2 aliphatic carbocycles. The van der Waals surface area contributed by atoms with Gasteiger partial charge in [0.25, 0.3) is 0 Å². The lowest BCUT2D eigenvalue weighted by atomic mass is 9.71. The molecule has 1 unspecified atom stereocenters. The van der Waals surface area contributed by atoms with Crippen molar-refractivity contribution in [1.82, 2.24) is 4.90 Å². The lowest BCUT2D eigenvalue weighted by Gasteiger charge is -2.32. The summed E-state index contributed by atoms with van der Waals surface area (Å²) in [5.74, 6) is 0.467. The molecule has 1 heteroatoms. The van der Waals surface area contributed by atoms with Crippen LogP contribution in [0.5, 0.6) is 0 Å². The van der Waals surface area contributed by atoms with Crippen LogP contribution in [0.25, 0.3) is 11.1 Å². The van der Waals surface area contributed by atoms with E-state index in [-0.39, 0.29) is 5.41 Å². The van der Waals surface area contributed by atoms with Crippen LogP contribution < -0.4 is 0 Å². The maximum absolute atomic E-state index is 2.49. The summed E-state index contributed by atoms with van der Waals surface area (Å²) in [6.45, 7) is 5.93. The lowest BCUT2D eigenvalue weighted by molar-refractivity contribution is 0.413. The minimum absolute atomic E-state index is 0.101. The molecule has 26 heavy (non-hydrogen) atoms. The van der Waals surface area contributed by atoms with E-state index >= 15 is 0 Å². The number of benzene rings is 2. The highest BCUT2D eigenvalue weighted by molar-refractivity contribution is 5.78. The molecule has 0 spiro atoms. The number of hydrogen-bond donors (Lipinski definition) is 0. The minimum Gasteiger partial charge on any atom is -0.309 e. The Morgan fingerprint density at radius 2 is 1.77 bits per heavy atom. The predicted octanol–water partition coefficient (Wildman–Crippen LogP) is 5.60. The van der Waals surface area contributed by atoms with Crippen LogP contribution in [0.2, 0.25) is 0 Å². The van der Waals surface area contributed by atoms with Gasteiger partial charge in [-0.3, -0.25) is 0 Å². The first-order valence-corrected chi connectivity index (χ1v) is 9.71. The van der Waals surface area contributed by atoms with Crippen molar-refractivity contribution in [3.05, 3.63) is 83.0 Å². The highest BCUT2D eigenvalue weighted by atomic mass is 15.0. The maximum Gasteiger partial charge on any atom is 0.00474 e. The highest BCUT2D eigenvalue weighted by Gasteiger charge is 2.34. The van der Waals surface area contributed by atoms with Crippen LogP contribution in [0.4, 0.5) is 0 Å². The quantitative estimate of drug-likeness (QED) is 0.583. The smallest absolute Gasteiger partial charge is 0.00474 e. The van der Waals surface area contributed by atoms with Gasteiger partial charge in [0.2, 0.25) is 0 Å². The molecule has 134 valence electrons. The Labute approximate surface area is 158 Å². The molecule has 0 aliphatic heterocycles. The fraction of sp³-hybridized carbons (Fsp3) is 0.360. The normalized spacial score (nSPS) is 18.2. The molecule has 0 aromatic heterocycles. The Morgan fingerprint density at radius 3 is 2.58 bits per heavy atom. The molecule has 4 rings (SSSR count). The summed E-state index contributed by atoms with van der Waals surface area (Å²) in [6, 6.07) is 15.8. The minimum atomic E-state index is 0.101. The maximum atomic E-state index is 2.49. The van der Waals surface area contributed by atoms with E-state index in [1.807, 2.05) is 0 Å². The van der Waals surface area contributed by atoms with Crippen molar-refractivity contribution >= 4 is 0 Å². The van der Waals surface area contributed by atoms with E-state index < -0.39 is 0 Å². The van der Waals surface area contributed by atoms with Gasteiger partial charge >= 0.3 is 0 Å². The van der Waals surface area contributed by atoms with Gasteiger partial charge in [-0.15, -0.1) is 0 Å². The standard InChI is InChI=1S/C25H29N/c1-25(2,20-13-12-18(16-20)14-15-26(3)4)24-11-7-10-22-21-9-6-5-8-19(21)17-23(22)24/h5-13,16,20H,14-15,17H2,1-4H3. The summed E-state index contributed by atoms with van der Waals surface area (Å²) in [4.78, 5) is 2.26. The molecule has 0 bridgehead atoms. The van der Waals surface area contributed by atoms with Crippen LogP contribution >= 0.6 is 0 Å². The summed E-state index contributed by atoms with van der Waals surface area (Å²) >= 11 is 0. The third-order valence-corrected chi connectivity index (χ3v) is 6.14. The van der Waals surface area contributed by atoms with Gasteiger partial charge in [-0.2, -0.15) is 0 Å². The second-order valence-electron chi connectivity index (χ2n) is 8.57. The van der Waals surface area contributed by atoms with Gasteiger partial charge in [0, 0.05) is 12.5 Å². The number of fused-ring (bicyclic) bond motifs is 3. The summed E-state index contributed by atoms with van der Waals surface area (Å²) in [7, 11) is 4.29.